The number of amides is 2. The Bertz CT molecular complexity index is 2340. The van der Waals surface area contributed by atoms with E-state index in [4.69, 9.17) is 16.3 Å². The summed E-state index contributed by atoms with van der Waals surface area (Å²) in [5.74, 6) is 7.98. The summed E-state index contributed by atoms with van der Waals surface area (Å²) in [5.41, 5.74) is 5.12. The number of benzene rings is 3. The van der Waals surface area contributed by atoms with E-state index in [1.807, 2.05) is 29.2 Å². The lowest BCUT2D eigenvalue weighted by Crippen LogP contribution is -2.74. The van der Waals surface area contributed by atoms with Gasteiger partial charge in [0, 0.05) is 116 Å². The molecule has 4 aliphatic heterocycles. The summed E-state index contributed by atoms with van der Waals surface area (Å²) in [5, 5.41) is 9.62. The first kappa shape index (κ1) is 38.4. The predicted octanol–water partition coefficient (Wildman–Crippen LogP) is 6.65. The number of carbonyl (C=O) groups excluding carboxylic acids is 4. The van der Waals surface area contributed by atoms with Crippen molar-refractivity contribution in [3.8, 4) is 23.7 Å². The number of ether oxygens (including phenoxy) is 1. The number of hydrogen-bond donors (Lipinski definition) is 0. The van der Waals surface area contributed by atoms with Crippen LogP contribution in [0.4, 0.5) is 5.69 Å². The maximum atomic E-state index is 13.8. The molecule has 4 heterocycles. The molecule has 2 saturated carbocycles. The number of carbonyl (C=O) groups is 4. The van der Waals surface area contributed by atoms with Gasteiger partial charge in [0.2, 0.25) is 0 Å². The highest BCUT2D eigenvalue weighted by molar-refractivity contribution is 6.31. The fraction of sp³-hybridized carbons (Fsp3) is 0.468. The van der Waals surface area contributed by atoms with E-state index in [0.717, 1.165) is 54.1 Å². The van der Waals surface area contributed by atoms with Crippen LogP contribution in [0.3, 0.4) is 0 Å². The van der Waals surface area contributed by atoms with Gasteiger partial charge in [-0.1, -0.05) is 51.1 Å². The molecule has 6 aliphatic rings. The molecule has 1 unspecified atom stereocenters. The Labute approximate surface area is 345 Å². The molecule has 10 nitrogen and oxygen atoms in total. The lowest BCUT2D eigenvalue weighted by atomic mass is 9.49. The molecular formula is C47H48ClN5O5. The highest BCUT2D eigenvalue weighted by Crippen LogP contribution is 2.59. The average molecular weight is 798 g/mol. The Kier molecular flexibility index (Phi) is 9.45. The predicted molar refractivity (Wildman–Crippen MR) is 219 cm³/mol. The second-order valence-electron chi connectivity index (χ2n) is 18.3. The van der Waals surface area contributed by atoms with Gasteiger partial charge in [0.15, 0.2) is 5.78 Å². The Morgan fingerprint density at radius 1 is 0.793 bits per heavy atom. The van der Waals surface area contributed by atoms with Gasteiger partial charge >= 0.3 is 0 Å². The van der Waals surface area contributed by atoms with Crippen molar-refractivity contribution >= 4 is 40.7 Å². The molecule has 0 bridgehead atoms. The summed E-state index contributed by atoms with van der Waals surface area (Å²) < 4.78 is 6.48. The lowest BCUT2D eigenvalue weighted by Gasteiger charge is -2.65. The summed E-state index contributed by atoms with van der Waals surface area (Å²) in [6.07, 6.45) is 1.98. The van der Waals surface area contributed by atoms with Crippen LogP contribution in [-0.2, 0) is 22.7 Å². The maximum absolute atomic E-state index is 13.8. The van der Waals surface area contributed by atoms with Gasteiger partial charge in [0.25, 0.3) is 11.8 Å². The van der Waals surface area contributed by atoms with Crippen molar-refractivity contribution in [2.24, 2.45) is 16.7 Å². The van der Waals surface area contributed by atoms with Gasteiger partial charge in [-0.15, -0.1) is 0 Å². The van der Waals surface area contributed by atoms with Crippen molar-refractivity contribution in [1.29, 1.82) is 5.26 Å². The highest BCUT2D eigenvalue weighted by Gasteiger charge is 2.67. The van der Waals surface area contributed by atoms with Gasteiger partial charge in [-0.3, -0.25) is 24.1 Å². The van der Waals surface area contributed by atoms with Gasteiger partial charge < -0.3 is 19.4 Å². The normalized spacial score (nSPS) is 25.4. The maximum Gasteiger partial charge on any atom is 0.255 e. The van der Waals surface area contributed by atoms with Gasteiger partial charge in [-0.2, -0.15) is 5.26 Å². The van der Waals surface area contributed by atoms with E-state index in [0.29, 0.717) is 79.1 Å². The van der Waals surface area contributed by atoms with Crippen LogP contribution in [0.15, 0.2) is 54.6 Å². The third kappa shape index (κ3) is 6.46. The molecule has 4 fully saturated rings. The SMILES string of the molecule is CC1(C)[C@H](Oc2ccc(C#N)c(Cl)c2)C(C)(C)[C@H]1N1Cc2cc(C#CC3CN(C4CN(c5ccc6c(c5)CN(C5CCC(=O)CCCC5=O)C6=O)C4)C3)ccc2C1=O. The monoisotopic (exact) mass is 797 g/mol. The first-order valence-corrected chi connectivity index (χ1v) is 20.9. The van der Waals surface area contributed by atoms with Crippen LogP contribution in [-0.4, -0.2) is 88.5 Å². The van der Waals surface area contributed by atoms with Crippen molar-refractivity contribution in [3.63, 3.8) is 0 Å². The van der Waals surface area contributed by atoms with Crippen LogP contribution in [0, 0.1) is 39.9 Å². The molecule has 3 aromatic rings. The molecule has 2 saturated heterocycles. The number of rotatable bonds is 6. The van der Waals surface area contributed by atoms with Crippen molar-refractivity contribution in [1.82, 2.24) is 14.7 Å². The Hall–Kier alpha value is -5.16. The van der Waals surface area contributed by atoms with E-state index in [1.54, 1.807) is 23.1 Å². The number of nitrogens with zero attached hydrogens (tertiary/aromatic N) is 5. The van der Waals surface area contributed by atoms with E-state index >= 15 is 0 Å². The zero-order chi connectivity index (χ0) is 40.7. The van der Waals surface area contributed by atoms with Crippen LogP contribution < -0.4 is 9.64 Å². The number of Topliss-reactive ketones (excluding diaryl/α,β-unsaturated/α-hetero) is 2. The number of fused-ring (bicyclic) bond motifs is 2. The number of anilines is 1. The molecule has 3 aromatic carbocycles. The zero-order valence-corrected chi connectivity index (χ0v) is 34.3. The number of halogens is 1. The number of nitriles is 1. The van der Waals surface area contributed by atoms with Gasteiger partial charge in [-0.25, -0.2) is 0 Å². The number of ketones is 2. The molecule has 0 radical (unpaired) electrons. The standard InChI is InChI=1S/C47H48ClN5O5/c1-46(2)44(47(3,4)45(46)58-36-14-11-30(21-49)39(48)20-36)53-25-31-18-28(10-15-37(31)43(53)57)8-9-29-22-50(23-29)34-26-51(27-34)33-12-16-38-32(19-33)24-52(42(38)56)40-17-13-35(54)6-5-7-41(40)55/h10-12,14-16,18-20,29,34,40,44-45H,5-7,13,17,22-27H2,1-4H3/t40?,44-,45-. The number of hydrogen-bond acceptors (Lipinski definition) is 8. The largest absolute Gasteiger partial charge is 0.489 e. The summed E-state index contributed by atoms with van der Waals surface area (Å²) in [4.78, 5) is 60.6. The van der Waals surface area contributed by atoms with E-state index in [2.05, 4.69) is 67.5 Å². The average Bonchev–Trinajstić information content (AvgIpc) is 3.63. The molecule has 0 N–H and O–H groups in total. The van der Waals surface area contributed by atoms with Crippen molar-refractivity contribution in [2.45, 2.75) is 97.1 Å². The summed E-state index contributed by atoms with van der Waals surface area (Å²) in [6, 6.07) is 19.1. The van der Waals surface area contributed by atoms with Crippen LogP contribution in [0.5, 0.6) is 5.75 Å². The van der Waals surface area contributed by atoms with Crippen molar-refractivity contribution in [2.75, 3.05) is 31.1 Å². The molecular weight excluding hydrogens is 750 g/mol. The zero-order valence-electron chi connectivity index (χ0n) is 33.5. The summed E-state index contributed by atoms with van der Waals surface area (Å²) >= 11 is 6.29. The van der Waals surface area contributed by atoms with Crippen LogP contribution in [0.25, 0.3) is 0 Å². The quantitative estimate of drug-likeness (QED) is 0.255. The van der Waals surface area contributed by atoms with Gasteiger partial charge in [0.05, 0.1) is 16.6 Å². The topological polar surface area (TPSA) is 114 Å². The van der Waals surface area contributed by atoms with E-state index in [9.17, 15) is 24.4 Å². The third-order valence-electron chi connectivity index (χ3n) is 13.6. The van der Waals surface area contributed by atoms with Gasteiger partial charge in [-0.05, 0) is 72.5 Å². The second-order valence-corrected chi connectivity index (χ2v) is 18.7. The van der Waals surface area contributed by atoms with Crippen LogP contribution >= 0.6 is 11.6 Å². The minimum Gasteiger partial charge on any atom is -0.489 e. The first-order chi connectivity index (χ1) is 27.7. The molecule has 58 heavy (non-hydrogen) atoms. The molecule has 2 amide bonds. The van der Waals surface area contributed by atoms with Gasteiger partial charge in [0.1, 0.15) is 23.7 Å². The Morgan fingerprint density at radius 3 is 2.21 bits per heavy atom. The molecule has 298 valence electrons. The van der Waals surface area contributed by atoms with E-state index in [1.165, 1.54) is 0 Å². The fourth-order valence-electron chi connectivity index (χ4n) is 10.9. The minimum atomic E-state index is -0.517. The minimum absolute atomic E-state index is 0.0421. The lowest BCUT2D eigenvalue weighted by molar-refractivity contribution is -0.199. The van der Waals surface area contributed by atoms with Crippen LogP contribution in [0.2, 0.25) is 5.02 Å². The van der Waals surface area contributed by atoms with Crippen molar-refractivity contribution in [3.05, 3.63) is 93.0 Å². The number of likely N-dealkylation sites (tertiary alicyclic amines) is 1. The smallest absolute Gasteiger partial charge is 0.255 e. The summed E-state index contributed by atoms with van der Waals surface area (Å²) in [6.45, 7) is 13.2. The molecule has 11 heteroatoms. The molecule has 0 aromatic heterocycles. The third-order valence-corrected chi connectivity index (χ3v) is 14.0. The highest BCUT2D eigenvalue weighted by atomic mass is 35.5. The Morgan fingerprint density at radius 2 is 1.48 bits per heavy atom. The first-order valence-electron chi connectivity index (χ1n) is 20.5. The fourth-order valence-corrected chi connectivity index (χ4v) is 11.2. The Balaban J connectivity index is 0.772. The van der Waals surface area contributed by atoms with E-state index in [-0.39, 0.29) is 46.4 Å². The second kappa shape index (κ2) is 14.3. The molecule has 2 aliphatic carbocycles. The van der Waals surface area contributed by atoms with Crippen molar-refractivity contribution < 1.29 is 23.9 Å². The molecule has 1 atom stereocenters. The van der Waals surface area contributed by atoms with Crippen LogP contribution in [0.1, 0.15) is 103 Å². The molecule has 0 spiro atoms. The molecule has 9 rings (SSSR count). The van der Waals surface area contributed by atoms with E-state index < -0.39 is 6.04 Å². The summed E-state index contributed by atoms with van der Waals surface area (Å²) in [7, 11) is 0.